The van der Waals surface area contributed by atoms with Crippen LogP contribution in [0.1, 0.15) is 63.0 Å². The number of aromatic nitrogens is 2. The van der Waals surface area contributed by atoms with E-state index in [1.807, 2.05) is 11.8 Å². The van der Waals surface area contributed by atoms with E-state index in [0.717, 1.165) is 30.3 Å². The molecule has 0 unspecified atom stereocenters. The lowest BCUT2D eigenvalue weighted by Gasteiger charge is -2.40. The van der Waals surface area contributed by atoms with E-state index in [2.05, 4.69) is 28.0 Å². The highest BCUT2D eigenvalue weighted by Crippen LogP contribution is 2.34. The normalized spacial score (nSPS) is 22.3. The van der Waals surface area contributed by atoms with Crippen LogP contribution < -0.4 is 4.90 Å². The predicted octanol–water partition coefficient (Wildman–Crippen LogP) is 2.85. The zero-order chi connectivity index (χ0) is 15.7. The molecule has 0 spiro atoms. The summed E-state index contributed by atoms with van der Waals surface area (Å²) in [4.78, 5) is 25.1. The van der Waals surface area contributed by atoms with E-state index in [1.54, 1.807) is 6.92 Å². The summed E-state index contributed by atoms with van der Waals surface area (Å²) >= 11 is 0. The first kappa shape index (κ1) is 15.3. The lowest BCUT2D eigenvalue weighted by molar-refractivity contribution is -0.136. The Morgan fingerprint density at radius 1 is 1.23 bits per heavy atom. The Kier molecular flexibility index (Phi) is 4.32. The van der Waals surface area contributed by atoms with Crippen LogP contribution in [0, 0.1) is 6.92 Å². The van der Waals surface area contributed by atoms with Crippen LogP contribution in [0.3, 0.4) is 0 Å². The summed E-state index contributed by atoms with van der Waals surface area (Å²) in [6.45, 7) is 4.42. The van der Waals surface area contributed by atoms with E-state index in [1.165, 1.54) is 32.1 Å². The highest BCUT2D eigenvalue weighted by molar-refractivity contribution is 5.74. The molecule has 3 rings (SSSR count). The minimum absolute atomic E-state index is 0.134. The largest absolute Gasteiger partial charge is 0.357 e. The molecule has 1 aromatic heterocycles. The molecule has 5 nitrogen and oxygen atoms in total. The number of likely N-dealkylation sites (tertiary alicyclic amines) is 1. The molecule has 22 heavy (non-hydrogen) atoms. The topological polar surface area (TPSA) is 49.3 Å². The van der Waals surface area contributed by atoms with Crippen molar-refractivity contribution in [2.45, 2.75) is 64.5 Å². The van der Waals surface area contributed by atoms with Crippen LogP contribution in [0.2, 0.25) is 0 Å². The first-order valence-corrected chi connectivity index (χ1v) is 8.42. The van der Waals surface area contributed by atoms with Gasteiger partial charge in [-0.1, -0.05) is 19.3 Å². The summed E-state index contributed by atoms with van der Waals surface area (Å²) in [6.07, 6.45) is 7.48. The van der Waals surface area contributed by atoms with Gasteiger partial charge < -0.3 is 9.80 Å². The maximum Gasteiger partial charge on any atom is 0.220 e. The molecule has 1 amide bonds. The number of amides is 1. The molecule has 0 radical (unpaired) electrons. The third kappa shape index (κ3) is 2.94. The van der Waals surface area contributed by atoms with Crippen molar-refractivity contribution in [2.75, 3.05) is 18.5 Å². The second-order valence-electron chi connectivity index (χ2n) is 6.62. The average molecular weight is 302 g/mol. The van der Waals surface area contributed by atoms with Crippen molar-refractivity contribution in [1.29, 1.82) is 0 Å². The smallest absolute Gasteiger partial charge is 0.220 e. The van der Waals surface area contributed by atoms with Crippen molar-refractivity contribution in [1.82, 2.24) is 14.9 Å². The summed E-state index contributed by atoms with van der Waals surface area (Å²) in [7, 11) is 2.14. The zero-order valence-corrected chi connectivity index (χ0v) is 13.9. The van der Waals surface area contributed by atoms with Gasteiger partial charge >= 0.3 is 0 Å². The summed E-state index contributed by atoms with van der Waals surface area (Å²) in [6, 6.07) is 2.81. The molecule has 1 saturated heterocycles. The van der Waals surface area contributed by atoms with Crippen molar-refractivity contribution in [3.8, 4) is 0 Å². The van der Waals surface area contributed by atoms with E-state index in [0.29, 0.717) is 6.04 Å². The van der Waals surface area contributed by atoms with Gasteiger partial charge in [0, 0.05) is 32.6 Å². The maximum absolute atomic E-state index is 11.6. The van der Waals surface area contributed by atoms with Crippen LogP contribution in [0.4, 0.5) is 5.82 Å². The number of hydrogen-bond acceptors (Lipinski definition) is 4. The van der Waals surface area contributed by atoms with E-state index in [4.69, 9.17) is 0 Å². The van der Waals surface area contributed by atoms with Gasteiger partial charge in [0.05, 0.1) is 11.7 Å². The van der Waals surface area contributed by atoms with Gasteiger partial charge in [-0.3, -0.25) is 4.79 Å². The Balaban J connectivity index is 1.82. The monoisotopic (exact) mass is 302 g/mol. The predicted molar refractivity (Wildman–Crippen MR) is 86.8 cm³/mol. The van der Waals surface area contributed by atoms with Crippen LogP contribution in [0.5, 0.6) is 0 Å². The van der Waals surface area contributed by atoms with E-state index in [9.17, 15) is 4.79 Å². The third-order valence-corrected chi connectivity index (χ3v) is 5.09. The first-order chi connectivity index (χ1) is 10.6. The van der Waals surface area contributed by atoms with E-state index in [-0.39, 0.29) is 11.9 Å². The Morgan fingerprint density at radius 3 is 2.55 bits per heavy atom. The van der Waals surface area contributed by atoms with Crippen LogP contribution >= 0.6 is 0 Å². The highest BCUT2D eigenvalue weighted by Gasteiger charge is 2.33. The first-order valence-electron chi connectivity index (χ1n) is 8.42. The SMILES string of the molecule is CC(=O)N1CC[C@H]1c1cc(N(C)C2CCCCC2)nc(C)n1. The molecule has 2 aliphatic rings. The molecule has 2 fully saturated rings. The summed E-state index contributed by atoms with van der Waals surface area (Å²) in [5, 5.41) is 0. The molecule has 2 heterocycles. The van der Waals surface area contributed by atoms with Crippen LogP contribution in [0.25, 0.3) is 0 Å². The number of anilines is 1. The van der Waals surface area contributed by atoms with Gasteiger partial charge in [-0.05, 0) is 26.2 Å². The number of carbonyl (C=O) groups excluding carboxylic acids is 1. The average Bonchev–Trinajstić information content (AvgIpc) is 2.45. The van der Waals surface area contributed by atoms with Gasteiger partial charge in [0.2, 0.25) is 5.91 Å². The molecular weight excluding hydrogens is 276 g/mol. The maximum atomic E-state index is 11.6. The van der Waals surface area contributed by atoms with E-state index < -0.39 is 0 Å². The fourth-order valence-electron chi connectivity index (χ4n) is 3.65. The molecular formula is C17H26N4O. The Bertz CT molecular complexity index is 554. The second kappa shape index (κ2) is 6.23. The Morgan fingerprint density at radius 2 is 1.95 bits per heavy atom. The lowest BCUT2D eigenvalue weighted by atomic mass is 9.94. The fourth-order valence-corrected chi connectivity index (χ4v) is 3.65. The number of carbonyl (C=O) groups is 1. The molecule has 1 aromatic rings. The number of nitrogens with zero attached hydrogens (tertiary/aromatic N) is 4. The molecule has 1 saturated carbocycles. The van der Waals surface area contributed by atoms with Crippen molar-refractivity contribution in [3.63, 3.8) is 0 Å². The molecule has 1 aliphatic carbocycles. The van der Waals surface area contributed by atoms with Gasteiger partial charge in [0.1, 0.15) is 11.6 Å². The zero-order valence-electron chi connectivity index (χ0n) is 13.9. The van der Waals surface area contributed by atoms with Crippen LogP contribution in [-0.2, 0) is 4.79 Å². The minimum Gasteiger partial charge on any atom is -0.357 e. The number of hydrogen-bond donors (Lipinski definition) is 0. The Labute approximate surface area is 132 Å². The Hall–Kier alpha value is -1.65. The van der Waals surface area contributed by atoms with Gasteiger partial charge in [0.15, 0.2) is 0 Å². The summed E-state index contributed by atoms with van der Waals surface area (Å²) < 4.78 is 0. The minimum atomic E-state index is 0.134. The van der Waals surface area contributed by atoms with Gasteiger partial charge in [-0.15, -0.1) is 0 Å². The van der Waals surface area contributed by atoms with E-state index >= 15 is 0 Å². The fraction of sp³-hybridized carbons (Fsp3) is 0.706. The molecule has 1 aliphatic heterocycles. The van der Waals surface area contributed by atoms with Crippen molar-refractivity contribution < 1.29 is 4.79 Å². The van der Waals surface area contributed by atoms with Crippen molar-refractivity contribution >= 4 is 11.7 Å². The molecule has 120 valence electrons. The lowest BCUT2D eigenvalue weighted by Crippen LogP contribution is -2.44. The van der Waals surface area contributed by atoms with Crippen LogP contribution in [0.15, 0.2) is 6.07 Å². The van der Waals surface area contributed by atoms with Gasteiger partial charge in [0.25, 0.3) is 0 Å². The second-order valence-corrected chi connectivity index (χ2v) is 6.62. The molecule has 0 bridgehead atoms. The quantitative estimate of drug-likeness (QED) is 0.861. The van der Waals surface area contributed by atoms with Gasteiger partial charge in [-0.25, -0.2) is 9.97 Å². The standard InChI is InChI=1S/C17H26N4O/c1-12-18-15(16-9-10-21(16)13(2)22)11-17(19-12)20(3)14-7-5-4-6-8-14/h11,14,16H,4-10H2,1-3H3/t16-/m0/s1. The van der Waals surface area contributed by atoms with Crippen molar-refractivity contribution in [2.24, 2.45) is 0 Å². The molecule has 0 aromatic carbocycles. The summed E-state index contributed by atoms with van der Waals surface area (Å²) in [5.41, 5.74) is 0.992. The molecule has 5 heteroatoms. The summed E-state index contributed by atoms with van der Waals surface area (Å²) in [5.74, 6) is 1.94. The van der Waals surface area contributed by atoms with Gasteiger partial charge in [-0.2, -0.15) is 0 Å². The number of aryl methyl sites for hydroxylation is 1. The highest BCUT2D eigenvalue weighted by atomic mass is 16.2. The van der Waals surface area contributed by atoms with Crippen LogP contribution in [-0.4, -0.2) is 40.4 Å². The molecule has 0 N–H and O–H groups in total. The van der Waals surface area contributed by atoms with Crippen molar-refractivity contribution in [3.05, 3.63) is 17.6 Å². The third-order valence-electron chi connectivity index (χ3n) is 5.09. The number of rotatable bonds is 3. The molecule has 1 atom stereocenters.